The molecular weight excluding hydrogens is 222 g/mol. The van der Waals surface area contributed by atoms with Crippen molar-refractivity contribution in [3.8, 4) is 0 Å². The van der Waals surface area contributed by atoms with E-state index in [4.69, 9.17) is 5.11 Å². The van der Waals surface area contributed by atoms with Gasteiger partial charge in [-0.25, -0.2) is 0 Å². The number of nitrogens with one attached hydrogen (secondary N) is 1. The van der Waals surface area contributed by atoms with E-state index in [1.54, 1.807) is 0 Å². The Labute approximate surface area is 110 Å². The monoisotopic (exact) mass is 247 g/mol. The number of aliphatic hydroxyl groups excluding tert-OH is 1. The minimum Gasteiger partial charge on any atom is -0.392 e. The van der Waals surface area contributed by atoms with Crippen LogP contribution in [0.4, 0.5) is 0 Å². The van der Waals surface area contributed by atoms with Gasteiger partial charge in [-0.05, 0) is 35.8 Å². The third-order valence-corrected chi connectivity index (χ3v) is 4.45. The second kappa shape index (κ2) is 6.35. The Bertz CT molecular complexity index is 352. The van der Waals surface area contributed by atoms with Gasteiger partial charge in [-0.15, -0.1) is 0 Å². The maximum absolute atomic E-state index is 9.00. The predicted octanol–water partition coefficient (Wildman–Crippen LogP) is 3.24. The minimum absolute atomic E-state index is 0.132. The van der Waals surface area contributed by atoms with Crippen LogP contribution >= 0.6 is 0 Å². The summed E-state index contributed by atoms with van der Waals surface area (Å²) in [4.78, 5) is 0. The molecule has 2 heteroatoms. The first kappa shape index (κ1) is 13.6. The van der Waals surface area contributed by atoms with Gasteiger partial charge in [0.1, 0.15) is 0 Å². The maximum atomic E-state index is 9.00. The molecule has 0 saturated heterocycles. The molecular formula is C16H25NO. The van der Waals surface area contributed by atoms with Crippen molar-refractivity contribution < 1.29 is 5.11 Å². The van der Waals surface area contributed by atoms with Crippen molar-refractivity contribution in [1.82, 2.24) is 5.32 Å². The average molecular weight is 247 g/mol. The van der Waals surface area contributed by atoms with Crippen LogP contribution in [-0.2, 0) is 13.2 Å². The van der Waals surface area contributed by atoms with Crippen LogP contribution in [-0.4, -0.2) is 11.7 Å². The summed E-state index contributed by atoms with van der Waals surface area (Å²) in [6, 6.07) is 8.21. The molecule has 2 rings (SSSR count). The van der Waals surface area contributed by atoms with Gasteiger partial charge in [-0.1, -0.05) is 44.0 Å². The van der Waals surface area contributed by atoms with Gasteiger partial charge in [0.05, 0.1) is 6.61 Å². The lowest BCUT2D eigenvalue weighted by atomic mass is 9.83. The molecule has 0 aromatic heterocycles. The van der Waals surface area contributed by atoms with Crippen molar-refractivity contribution in [2.75, 3.05) is 6.54 Å². The van der Waals surface area contributed by atoms with E-state index in [1.807, 2.05) is 12.1 Å². The fraction of sp³-hybridized carbons (Fsp3) is 0.625. The molecule has 0 heterocycles. The third kappa shape index (κ3) is 3.33. The quantitative estimate of drug-likeness (QED) is 0.809. The number of aliphatic hydroxyl groups is 1. The van der Waals surface area contributed by atoms with Crippen LogP contribution < -0.4 is 5.32 Å². The number of rotatable bonds is 6. The average Bonchev–Trinajstić information content (AvgIpc) is 2.89. The largest absolute Gasteiger partial charge is 0.392 e. The molecule has 0 radical (unpaired) electrons. The highest BCUT2D eigenvalue weighted by Crippen LogP contribution is 2.40. The van der Waals surface area contributed by atoms with Gasteiger partial charge < -0.3 is 10.4 Å². The van der Waals surface area contributed by atoms with Crippen LogP contribution in [0.25, 0.3) is 0 Å². The van der Waals surface area contributed by atoms with E-state index < -0.39 is 0 Å². The first-order chi connectivity index (χ1) is 8.78. The van der Waals surface area contributed by atoms with Crippen LogP contribution in [0.15, 0.2) is 24.3 Å². The fourth-order valence-corrected chi connectivity index (χ4v) is 3.01. The summed E-state index contributed by atoms with van der Waals surface area (Å²) in [5.41, 5.74) is 2.85. The van der Waals surface area contributed by atoms with Crippen molar-refractivity contribution in [2.24, 2.45) is 5.41 Å². The highest BCUT2D eigenvalue weighted by atomic mass is 16.3. The molecule has 1 aromatic carbocycles. The van der Waals surface area contributed by atoms with Gasteiger partial charge in [0.2, 0.25) is 0 Å². The minimum atomic E-state index is 0.132. The summed E-state index contributed by atoms with van der Waals surface area (Å²) in [6.45, 7) is 4.54. The van der Waals surface area contributed by atoms with Crippen LogP contribution in [0.1, 0.15) is 50.2 Å². The van der Waals surface area contributed by atoms with Crippen LogP contribution in [0.5, 0.6) is 0 Å². The highest BCUT2D eigenvalue weighted by molar-refractivity contribution is 5.21. The Balaban J connectivity index is 1.80. The lowest BCUT2D eigenvalue weighted by Crippen LogP contribution is -2.31. The molecule has 1 fully saturated rings. The summed E-state index contributed by atoms with van der Waals surface area (Å²) >= 11 is 0. The predicted molar refractivity (Wildman–Crippen MR) is 75.3 cm³/mol. The highest BCUT2D eigenvalue weighted by Gasteiger charge is 2.31. The van der Waals surface area contributed by atoms with Gasteiger partial charge in [0, 0.05) is 13.1 Å². The van der Waals surface area contributed by atoms with E-state index in [-0.39, 0.29) is 6.61 Å². The zero-order chi connectivity index (χ0) is 12.8. The van der Waals surface area contributed by atoms with E-state index in [0.717, 1.165) is 18.7 Å². The third-order valence-electron chi connectivity index (χ3n) is 4.45. The maximum Gasteiger partial charge on any atom is 0.0681 e. The molecule has 1 saturated carbocycles. The van der Waals surface area contributed by atoms with Crippen LogP contribution in [0, 0.1) is 5.41 Å². The Hall–Kier alpha value is -0.860. The topological polar surface area (TPSA) is 32.3 Å². The summed E-state index contributed by atoms with van der Waals surface area (Å²) in [7, 11) is 0. The normalized spacial score (nSPS) is 18.1. The van der Waals surface area contributed by atoms with Crippen molar-refractivity contribution in [1.29, 1.82) is 0 Å². The lowest BCUT2D eigenvalue weighted by Gasteiger charge is -2.27. The van der Waals surface area contributed by atoms with Gasteiger partial charge in [-0.2, -0.15) is 0 Å². The van der Waals surface area contributed by atoms with E-state index in [0.29, 0.717) is 5.41 Å². The molecule has 2 nitrogen and oxygen atoms in total. The summed E-state index contributed by atoms with van der Waals surface area (Å²) in [5, 5.41) is 12.6. The molecule has 0 aliphatic heterocycles. The molecule has 18 heavy (non-hydrogen) atoms. The molecule has 100 valence electrons. The molecule has 0 atom stereocenters. The summed E-state index contributed by atoms with van der Waals surface area (Å²) in [5.74, 6) is 0. The van der Waals surface area contributed by atoms with E-state index >= 15 is 0 Å². The van der Waals surface area contributed by atoms with Crippen LogP contribution in [0.3, 0.4) is 0 Å². The Morgan fingerprint density at radius 2 is 1.72 bits per heavy atom. The zero-order valence-electron chi connectivity index (χ0n) is 11.4. The molecule has 0 amide bonds. The Morgan fingerprint density at radius 1 is 1.11 bits per heavy atom. The van der Waals surface area contributed by atoms with Crippen molar-refractivity contribution in [2.45, 2.75) is 52.2 Å². The van der Waals surface area contributed by atoms with Crippen LogP contribution in [0.2, 0.25) is 0 Å². The van der Waals surface area contributed by atoms with E-state index in [1.165, 1.54) is 37.7 Å². The fourth-order valence-electron chi connectivity index (χ4n) is 3.01. The first-order valence-corrected chi connectivity index (χ1v) is 7.17. The molecule has 2 N–H and O–H groups in total. The number of hydrogen-bond donors (Lipinski definition) is 2. The molecule has 1 aliphatic carbocycles. The zero-order valence-corrected chi connectivity index (χ0v) is 11.4. The van der Waals surface area contributed by atoms with E-state index in [9.17, 15) is 0 Å². The molecule has 0 spiro atoms. The van der Waals surface area contributed by atoms with Crippen molar-refractivity contribution >= 4 is 0 Å². The smallest absolute Gasteiger partial charge is 0.0681 e. The number of hydrogen-bond acceptors (Lipinski definition) is 2. The van der Waals surface area contributed by atoms with Crippen molar-refractivity contribution in [3.05, 3.63) is 35.4 Å². The van der Waals surface area contributed by atoms with E-state index in [2.05, 4.69) is 24.4 Å². The molecule has 1 aromatic rings. The molecule has 0 unspecified atom stereocenters. The SMILES string of the molecule is CCC1(CNCc2ccc(CO)cc2)CCCC1. The Morgan fingerprint density at radius 3 is 2.28 bits per heavy atom. The van der Waals surface area contributed by atoms with Crippen molar-refractivity contribution in [3.63, 3.8) is 0 Å². The first-order valence-electron chi connectivity index (χ1n) is 7.17. The lowest BCUT2D eigenvalue weighted by molar-refractivity contribution is 0.268. The summed E-state index contributed by atoms with van der Waals surface area (Å²) in [6.07, 6.45) is 6.88. The van der Waals surface area contributed by atoms with Gasteiger partial charge >= 0.3 is 0 Å². The molecule has 1 aliphatic rings. The van der Waals surface area contributed by atoms with Gasteiger partial charge in [-0.3, -0.25) is 0 Å². The second-order valence-corrected chi connectivity index (χ2v) is 5.64. The Kier molecular flexibility index (Phi) is 4.79. The number of benzene rings is 1. The summed E-state index contributed by atoms with van der Waals surface area (Å²) < 4.78 is 0. The van der Waals surface area contributed by atoms with Gasteiger partial charge in [0.25, 0.3) is 0 Å². The molecule has 0 bridgehead atoms. The standard InChI is InChI=1S/C16H25NO/c1-2-16(9-3-4-10-16)13-17-11-14-5-7-15(12-18)8-6-14/h5-8,17-18H,2-4,9-13H2,1H3. The second-order valence-electron chi connectivity index (χ2n) is 5.64. The van der Waals surface area contributed by atoms with Gasteiger partial charge in [0.15, 0.2) is 0 Å².